The molecular formula is C28H37N5O4S. The van der Waals surface area contributed by atoms with Gasteiger partial charge in [-0.25, -0.2) is 4.79 Å². The number of fused-ring (bicyclic) bond motifs is 2. The number of likely N-dealkylation sites (tertiary alicyclic amines) is 1. The fraction of sp³-hybridized carbons (Fsp3) is 0.643. The first-order valence-corrected chi connectivity index (χ1v) is 14.4. The van der Waals surface area contributed by atoms with E-state index in [1.165, 1.54) is 0 Å². The zero-order valence-corrected chi connectivity index (χ0v) is 23.2. The maximum Gasteiger partial charge on any atom is 0.411 e. The summed E-state index contributed by atoms with van der Waals surface area (Å²) in [5, 5.41) is 17.3. The zero-order chi connectivity index (χ0) is 26.9. The summed E-state index contributed by atoms with van der Waals surface area (Å²) in [7, 11) is 0. The van der Waals surface area contributed by atoms with Gasteiger partial charge < -0.3 is 14.8 Å². The third kappa shape index (κ3) is 6.05. The highest BCUT2D eigenvalue weighted by Gasteiger charge is 2.52. The second kappa shape index (κ2) is 11.1. The predicted octanol–water partition coefficient (Wildman–Crippen LogP) is 4.38. The molecule has 38 heavy (non-hydrogen) atoms. The molecule has 3 fully saturated rings. The highest BCUT2D eigenvalue weighted by molar-refractivity contribution is 7.15. The van der Waals surface area contributed by atoms with Crippen LogP contribution < -0.4 is 5.32 Å². The molecule has 4 unspecified atom stereocenters. The molecule has 3 aliphatic rings. The Morgan fingerprint density at radius 3 is 2.79 bits per heavy atom. The third-order valence-corrected chi connectivity index (χ3v) is 8.86. The predicted molar refractivity (Wildman–Crippen MR) is 143 cm³/mol. The Kier molecular flexibility index (Phi) is 7.78. The van der Waals surface area contributed by atoms with Crippen LogP contribution in [-0.2, 0) is 27.2 Å². The number of aromatic nitrogens is 2. The molecule has 2 saturated heterocycles. The van der Waals surface area contributed by atoms with E-state index < -0.39 is 23.8 Å². The van der Waals surface area contributed by atoms with Crippen molar-refractivity contribution >= 4 is 23.3 Å². The van der Waals surface area contributed by atoms with Crippen molar-refractivity contribution in [2.75, 3.05) is 13.2 Å². The first kappa shape index (κ1) is 26.7. The second-order valence-corrected chi connectivity index (χ2v) is 12.9. The Morgan fingerprint density at radius 2 is 2.05 bits per heavy atom. The lowest BCUT2D eigenvalue weighted by atomic mass is 9.97. The number of ether oxygens (including phenoxy) is 2. The second-order valence-electron chi connectivity index (χ2n) is 11.7. The molecule has 10 heteroatoms. The van der Waals surface area contributed by atoms with E-state index in [1.807, 2.05) is 43.8 Å². The van der Waals surface area contributed by atoms with Crippen molar-refractivity contribution in [1.82, 2.24) is 20.0 Å². The van der Waals surface area contributed by atoms with Gasteiger partial charge in [-0.3, -0.25) is 14.4 Å². The molecule has 5 rings (SSSR count). The Morgan fingerprint density at radius 1 is 1.26 bits per heavy atom. The molecule has 9 nitrogen and oxygen atoms in total. The Labute approximate surface area is 228 Å². The smallest absolute Gasteiger partial charge is 0.411 e. The summed E-state index contributed by atoms with van der Waals surface area (Å²) >= 11 is 1.61. The van der Waals surface area contributed by atoms with Crippen molar-refractivity contribution in [3.05, 3.63) is 29.4 Å². The number of nitrogens with zero attached hydrogens (tertiary/aromatic N) is 4. The molecule has 204 valence electrons. The monoisotopic (exact) mass is 539 g/mol. The van der Waals surface area contributed by atoms with Crippen LogP contribution in [0, 0.1) is 23.2 Å². The van der Waals surface area contributed by atoms with Crippen LogP contribution in [0.2, 0.25) is 0 Å². The van der Waals surface area contributed by atoms with E-state index in [1.54, 1.807) is 16.2 Å². The van der Waals surface area contributed by atoms with E-state index in [0.29, 0.717) is 12.3 Å². The van der Waals surface area contributed by atoms with Crippen LogP contribution in [0.4, 0.5) is 4.79 Å². The summed E-state index contributed by atoms with van der Waals surface area (Å²) in [6, 6.07) is 5.07. The van der Waals surface area contributed by atoms with Crippen molar-refractivity contribution in [2.24, 2.45) is 11.8 Å². The van der Waals surface area contributed by atoms with Crippen LogP contribution in [0.15, 0.2) is 24.5 Å². The van der Waals surface area contributed by atoms with Gasteiger partial charge in [0, 0.05) is 53.7 Å². The van der Waals surface area contributed by atoms with Gasteiger partial charge in [-0.05, 0) is 76.8 Å². The number of hydrogen-bond acceptors (Lipinski definition) is 7. The minimum absolute atomic E-state index is 0.0263. The summed E-state index contributed by atoms with van der Waals surface area (Å²) in [5.41, 5.74) is 0.425. The molecule has 1 N–H and O–H groups in total. The highest BCUT2D eigenvalue weighted by atomic mass is 32.1. The Hall–Kier alpha value is -2.90. The van der Waals surface area contributed by atoms with Crippen molar-refractivity contribution < 1.29 is 19.1 Å². The molecule has 0 radical (unpaired) electrons. The van der Waals surface area contributed by atoms with Crippen molar-refractivity contribution in [3.8, 4) is 16.5 Å². The molecule has 2 aromatic heterocycles. The lowest BCUT2D eigenvalue weighted by Gasteiger charge is -2.35. The van der Waals surface area contributed by atoms with E-state index in [0.717, 1.165) is 67.2 Å². The molecule has 4 heterocycles. The fourth-order valence-electron chi connectivity index (χ4n) is 5.92. The van der Waals surface area contributed by atoms with Gasteiger partial charge in [0.25, 0.3) is 0 Å². The van der Waals surface area contributed by atoms with Gasteiger partial charge >= 0.3 is 6.09 Å². The van der Waals surface area contributed by atoms with Gasteiger partial charge in [-0.2, -0.15) is 10.4 Å². The first-order chi connectivity index (χ1) is 18.2. The van der Waals surface area contributed by atoms with Gasteiger partial charge in [-0.15, -0.1) is 11.3 Å². The van der Waals surface area contributed by atoms with Crippen LogP contribution in [0.25, 0.3) is 10.4 Å². The standard InChI is InChI=1S/C28H37N5O4S/c1-28(2,3)37-27(35)33-22-5-4-19(12-22)25(33)26(34)31-21(14-29)13-23-6-7-24(38-23)20-15-30-32(17-20)16-18-8-10-36-11-9-18/h6-7,15,17-19,21-22,25H,4-5,8-13,16H2,1-3H3,(H,31,34). The average Bonchev–Trinajstić information content (AvgIpc) is 3.67. The zero-order valence-electron chi connectivity index (χ0n) is 22.4. The molecular weight excluding hydrogens is 502 g/mol. The van der Waals surface area contributed by atoms with Crippen LogP contribution in [0.3, 0.4) is 0 Å². The topological polar surface area (TPSA) is 109 Å². The minimum Gasteiger partial charge on any atom is -0.444 e. The number of hydrogen-bond donors (Lipinski definition) is 1. The normalized spacial score (nSPS) is 24.3. The van der Waals surface area contributed by atoms with Gasteiger partial charge in [0.2, 0.25) is 5.91 Å². The summed E-state index contributed by atoms with van der Waals surface area (Å²) < 4.78 is 13.1. The molecule has 1 saturated carbocycles. The molecule has 2 bridgehead atoms. The number of nitriles is 1. The largest absolute Gasteiger partial charge is 0.444 e. The van der Waals surface area contributed by atoms with Crippen molar-refractivity contribution in [1.29, 1.82) is 5.26 Å². The highest BCUT2D eigenvalue weighted by Crippen LogP contribution is 2.43. The molecule has 2 aliphatic heterocycles. The molecule has 4 atom stereocenters. The summed E-state index contributed by atoms with van der Waals surface area (Å²) in [6.45, 7) is 8.02. The van der Waals surface area contributed by atoms with Gasteiger partial charge in [0.05, 0.1) is 12.3 Å². The molecule has 0 spiro atoms. The van der Waals surface area contributed by atoms with Crippen molar-refractivity contribution in [3.63, 3.8) is 0 Å². The molecule has 2 aromatic rings. The van der Waals surface area contributed by atoms with E-state index in [-0.39, 0.29) is 17.9 Å². The Balaban J connectivity index is 1.20. The number of nitrogens with one attached hydrogen (secondary N) is 1. The van der Waals surface area contributed by atoms with Crippen LogP contribution in [-0.4, -0.2) is 63.6 Å². The van der Waals surface area contributed by atoms with Crippen LogP contribution >= 0.6 is 11.3 Å². The maximum atomic E-state index is 13.3. The molecule has 1 aliphatic carbocycles. The van der Waals surface area contributed by atoms with Crippen LogP contribution in [0.1, 0.15) is 57.8 Å². The van der Waals surface area contributed by atoms with Gasteiger partial charge in [0.15, 0.2) is 0 Å². The minimum atomic E-state index is -0.676. The Bertz CT molecular complexity index is 1190. The number of carbonyl (C=O) groups is 2. The number of carbonyl (C=O) groups excluding carboxylic acids is 2. The van der Waals surface area contributed by atoms with Crippen molar-refractivity contribution in [2.45, 2.75) is 89.6 Å². The van der Waals surface area contributed by atoms with Gasteiger partial charge in [-0.1, -0.05) is 0 Å². The maximum absolute atomic E-state index is 13.3. The molecule has 0 aromatic carbocycles. The third-order valence-electron chi connectivity index (χ3n) is 7.70. The summed E-state index contributed by atoms with van der Waals surface area (Å²) in [6.07, 6.45) is 8.68. The summed E-state index contributed by atoms with van der Waals surface area (Å²) in [5.74, 6) is 0.440. The fourth-order valence-corrected chi connectivity index (χ4v) is 6.95. The van der Waals surface area contributed by atoms with E-state index in [2.05, 4.69) is 22.7 Å². The lowest BCUT2D eigenvalue weighted by Crippen LogP contribution is -2.55. The number of rotatable bonds is 7. The van der Waals surface area contributed by atoms with E-state index >= 15 is 0 Å². The SMILES string of the molecule is CC(C)(C)OC(=O)N1C2CCC(C2)C1C(=O)NC(C#N)Cc1ccc(-c2cnn(CC3CCOCC3)c2)s1. The van der Waals surface area contributed by atoms with Crippen LogP contribution in [0.5, 0.6) is 0 Å². The number of amides is 2. The lowest BCUT2D eigenvalue weighted by molar-refractivity contribution is -0.128. The first-order valence-electron chi connectivity index (χ1n) is 13.6. The molecule has 2 amide bonds. The summed E-state index contributed by atoms with van der Waals surface area (Å²) in [4.78, 5) is 30.0. The number of thiophene rings is 1. The quantitative estimate of drug-likeness (QED) is 0.559. The number of piperidine rings is 1. The average molecular weight is 540 g/mol. The van der Waals surface area contributed by atoms with Gasteiger partial charge in [0.1, 0.15) is 17.7 Å². The van der Waals surface area contributed by atoms with E-state index in [4.69, 9.17) is 9.47 Å². The van der Waals surface area contributed by atoms with E-state index in [9.17, 15) is 14.9 Å².